The third-order valence-corrected chi connectivity index (χ3v) is 6.88. The van der Waals surface area contributed by atoms with Gasteiger partial charge in [-0.1, -0.05) is 36.8 Å². The van der Waals surface area contributed by atoms with Crippen LogP contribution in [0.4, 0.5) is 0 Å². The van der Waals surface area contributed by atoms with E-state index in [4.69, 9.17) is 14.8 Å². The molecule has 178 valence electrons. The Kier molecular flexibility index (Phi) is 6.20. The molecule has 6 heteroatoms. The predicted molar refractivity (Wildman–Crippen MR) is 140 cm³/mol. The van der Waals surface area contributed by atoms with Crippen molar-refractivity contribution >= 4 is 16.6 Å². The van der Waals surface area contributed by atoms with Gasteiger partial charge in [0.1, 0.15) is 5.75 Å². The average molecular weight is 466 g/mol. The number of nitrogens with zero attached hydrogens (tertiary/aromatic N) is 4. The van der Waals surface area contributed by atoms with Crippen LogP contribution in [-0.2, 0) is 6.42 Å². The van der Waals surface area contributed by atoms with Crippen molar-refractivity contribution in [3.8, 4) is 17.0 Å². The molecule has 0 unspecified atom stereocenters. The first-order chi connectivity index (χ1) is 17.3. The van der Waals surface area contributed by atoms with Crippen molar-refractivity contribution in [2.75, 3.05) is 26.2 Å². The lowest BCUT2D eigenvalue weighted by Gasteiger charge is -2.26. The summed E-state index contributed by atoms with van der Waals surface area (Å²) in [6.07, 6.45) is 7.80. The Hall–Kier alpha value is -3.64. The Morgan fingerprint density at radius 1 is 0.914 bits per heavy atom. The minimum atomic E-state index is 0.687. The smallest absolute Gasteiger partial charge is 0.156 e. The van der Waals surface area contributed by atoms with E-state index in [9.17, 15) is 0 Å². The molecular formula is C29H31N5O. The first-order valence-electron chi connectivity index (χ1n) is 12.7. The molecule has 0 bridgehead atoms. The SMILES string of the molecule is c1cc(-c2ccc3cc[nH]c3c2)n2nc(Cc3ccc(OCCCN4CCCCC4)cc3)nc2c1. The van der Waals surface area contributed by atoms with E-state index in [1.165, 1.54) is 43.3 Å². The fourth-order valence-electron chi connectivity index (χ4n) is 5.00. The summed E-state index contributed by atoms with van der Waals surface area (Å²) in [4.78, 5) is 10.6. The fourth-order valence-corrected chi connectivity index (χ4v) is 5.00. The fraction of sp³-hybridized carbons (Fsp3) is 0.310. The molecule has 1 N–H and O–H groups in total. The van der Waals surface area contributed by atoms with Crippen LogP contribution in [-0.4, -0.2) is 50.7 Å². The number of likely N-dealkylation sites (tertiary alicyclic amines) is 1. The second-order valence-electron chi connectivity index (χ2n) is 9.41. The molecule has 0 amide bonds. The van der Waals surface area contributed by atoms with E-state index in [0.717, 1.165) is 53.6 Å². The highest BCUT2D eigenvalue weighted by Crippen LogP contribution is 2.25. The van der Waals surface area contributed by atoms with Crippen molar-refractivity contribution in [3.05, 3.63) is 84.3 Å². The monoisotopic (exact) mass is 465 g/mol. The summed E-state index contributed by atoms with van der Waals surface area (Å²) in [5.41, 5.74) is 5.30. The van der Waals surface area contributed by atoms with Gasteiger partial charge in [-0.05, 0) is 79.7 Å². The zero-order chi connectivity index (χ0) is 23.5. The van der Waals surface area contributed by atoms with Gasteiger partial charge in [-0.3, -0.25) is 0 Å². The number of ether oxygens (including phenoxy) is 1. The third-order valence-electron chi connectivity index (χ3n) is 6.88. The summed E-state index contributed by atoms with van der Waals surface area (Å²) < 4.78 is 7.92. The van der Waals surface area contributed by atoms with Gasteiger partial charge >= 0.3 is 0 Å². The van der Waals surface area contributed by atoms with Crippen molar-refractivity contribution in [1.29, 1.82) is 0 Å². The number of H-pyrrole nitrogens is 1. The lowest BCUT2D eigenvalue weighted by atomic mass is 10.1. The summed E-state index contributed by atoms with van der Waals surface area (Å²) in [7, 11) is 0. The molecule has 6 nitrogen and oxygen atoms in total. The molecule has 0 atom stereocenters. The quantitative estimate of drug-likeness (QED) is 0.298. The van der Waals surface area contributed by atoms with Gasteiger partial charge in [-0.15, -0.1) is 0 Å². The zero-order valence-corrected chi connectivity index (χ0v) is 20.0. The molecule has 0 radical (unpaired) electrons. The number of fused-ring (bicyclic) bond motifs is 2. The van der Waals surface area contributed by atoms with Crippen molar-refractivity contribution in [2.24, 2.45) is 0 Å². The number of hydrogen-bond donors (Lipinski definition) is 1. The first-order valence-corrected chi connectivity index (χ1v) is 12.7. The normalized spacial score (nSPS) is 14.6. The van der Waals surface area contributed by atoms with Gasteiger partial charge in [0.15, 0.2) is 11.5 Å². The van der Waals surface area contributed by atoms with E-state index >= 15 is 0 Å². The van der Waals surface area contributed by atoms with E-state index < -0.39 is 0 Å². The second-order valence-corrected chi connectivity index (χ2v) is 9.41. The van der Waals surface area contributed by atoms with Crippen LogP contribution >= 0.6 is 0 Å². The van der Waals surface area contributed by atoms with E-state index in [2.05, 4.69) is 64.5 Å². The number of aromatic nitrogens is 4. The highest BCUT2D eigenvalue weighted by molar-refractivity contribution is 5.84. The summed E-state index contributed by atoms with van der Waals surface area (Å²) >= 11 is 0. The van der Waals surface area contributed by atoms with Gasteiger partial charge < -0.3 is 14.6 Å². The number of pyridine rings is 1. The van der Waals surface area contributed by atoms with Gasteiger partial charge in [0.05, 0.1) is 12.3 Å². The maximum Gasteiger partial charge on any atom is 0.156 e. The summed E-state index contributed by atoms with van der Waals surface area (Å²) in [5, 5.41) is 6.04. The Labute approximate surface area is 205 Å². The predicted octanol–water partition coefficient (Wildman–Crippen LogP) is 5.72. The molecule has 3 aromatic heterocycles. The zero-order valence-electron chi connectivity index (χ0n) is 20.0. The van der Waals surface area contributed by atoms with Crippen LogP contribution in [0.1, 0.15) is 37.1 Å². The van der Waals surface area contributed by atoms with Crippen molar-refractivity contribution < 1.29 is 4.74 Å². The van der Waals surface area contributed by atoms with Gasteiger partial charge in [0.2, 0.25) is 0 Å². The number of hydrogen-bond acceptors (Lipinski definition) is 4. The molecule has 0 aliphatic carbocycles. The van der Waals surface area contributed by atoms with Gasteiger partial charge in [0, 0.05) is 30.2 Å². The molecule has 1 aliphatic heterocycles. The standard InChI is InChI=1S/C29H31N5O/c1-2-16-33(17-3-1)18-5-19-35-25-12-8-22(9-13-25)20-28-31-29-7-4-6-27(34(29)32-28)24-11-10-23-14-15-30-26(23)21-24/h4,6-15,21,30H,1-3,5,16-20H2. The van der Waals surface area contributed by atoms with Crippen LogP contribution in [0.2, 0.25) is 0 Å². The van der Waals surface area contributed by atoms with Crippen LogP contribution in [0, 0.1) is 0 Å². The number of nitrogens with one attached hydrogen (secondary N) is 1. The average Bonchev–Trinajstić information content (AvgIpc) is 3.54. The number of aromatic amines is 1. The van der Waals surface area contributed by atoms with E-state index in [1.54, 1.807) is 0 Å². The van der Waals surface area contributed by atoms with E-state index in [-0.39, 0.29) is 0 Å². The Morgan fingerprint density at radius 2 is 1.80 bits per heavy atom. The van der Waals surface area contributed by atoms with Crippen LogP contribution in [0.25, 0.3) is 27.8 Å². The maximum atomic E-state index is 5.98. The van der Waals surface area contributed by atoms with Crippen molar-refractivity contribution in [2.45, 2.75) is 32.1 Å². The van der Waals surface area contributed by atoms with E-state index in [1.807, 2.05) is 22.8 Å². The number of piperidine rings is 1. The molecule has 35 heavy (non-hydrogen) atoms. The summed E-state index contributed by atoms with van der Waals surface area (Å²) in [6.45, 7) is 4.39. The first kappa shape index (κ1) is 21.9. The highest BCUT2D eigenvalue weighted by atomic mass is 16.5. The second kappa shape index (κ2) is 9.92. The Balaban J connectivity index is 1.11. The van der Waals surface area contributed by atoms with Crippen molar-refractivity contribution in [3.63, 3.8) is 0 Å². The summed E-state index contributed by atoms with van der Waals surface area (Å²) in [6, 6.07) is 23.0. The Bertz CT molecular complexity index is 1410. The topological polar surface area (TPSA) is 58.5 Å². The molecule has 1 fully saturated rings. The number of benzene rings is 2. The molecule has 0 saturated carbocycles. The van der Waals surface area contributed by atoms with E-state index in [0.29, 0.717) is 6.42 Å². The highest BCUT2D eigenvalue weighted by Gasteiger charge is 2.11. The molecule has 4 heterocycles. The largest absolute Gasteiger partial charge is 0.494 e. The molecule has 1 saturated heterocycles. The van der Waals surface area contributed by atoms with Crippen LogP contribution in [0.15, 0.2) is 72.9 Å². The lowest BCUT2D eigenvalue weighted by Crippen LogP contribution is -2.31. The molecular weight excluding hydrogens is 434 g/mol. The Morgan fingerprint density at radius 3 is 2.69 bits per heavy atom. The molecule has 5 aromatic rings. The van der Waals surface area contributed by atoms with Crippen LogP contribution < -0.4 is 4.74 Å². The van der Waals surface area contributed by atoms with Gasteiger partial charge in [0.25, 0.3) is 0 Å². The van der Waals surface area contributed by atoms with Gasteiger partial charge in [-0.25, -0.2) is 9.50 Å². The molecule has 2 aromatic carbocycles. The molecule has 6 rings (SSSR count). The number of rotatable bonds is 8. The van der Waals surface area contributed by atoms with Gasteiger partial charge in [-0.2, -0.15) is 5.10 Å². The van der Waals surface area contributed by atoms with Crippen LogP contribution in [0.5, 0.6) is 5.75 Å². The minimum absolute atomic E-state index is 0.687. The maximum absolute atomic E-state index is 5.98. The summed E-state index contributed by atoms with van der Waals surface area (Å²) in [5.74, 6) is 1.74. The molecule has 0 spiro atoms. The minimum Gasteiger partial charge on any atom is -0.494 e. The third kappa shape index (κ3) is 4.93. The van der Waals surface area contributed by atoms with Crippen LogP contribution in [0.3, 0.4) is 0 Å². The molecule has 1 aliphatic rings. The lowest BCUT2D eigenvalue weighted by molar-refractivity contribution is 0.205. The van der Waals surface area contributed by atoms with Crippen molar-refractivity contribution in [1.82, 2.24) is 24.5 Å².